The lowest BCUT2D eigenvalue weighted by Gasteiger charge is -2.24. The van der Waals surface area contributed by atoms with Gasteiger partial charge < -0.3 is 9.15 Å². The van der Waals surface area contributed by atoms with Crippen LogP contribution in [0.2, 0.25) is 0 Å². The molecule has 3 rings (SSSR count). The van der Waals surface area contributed by atoms with Crippen LogP contribution in [0.3, 0.4) is 0 Å². The van der Waals surface area contributed by atoms with Crippen molar-refractivity contribution in [3.8, 4) is 0 Å². The number of aryl methyl sites for hydroxylation is 1. The molecule has 2 heterocycles. The van der Waals surface area contributed by atoms with Gasteiger partial charge in [0.1, 0.15) is 0 Å². The summed E-state index contributed by atoms with van der Waals surface area (Å²) in [7, 11) is 0. The summed E-state index contributed by atoms with van der Waals surface area (Å²) in [6, 6.07) is 6.44. The summed E-state index contributed by atoms with van der Waals surface area (Å²) in [6.45, 7) is 5.30. The van der Waals surface area contributed by atoms with Gasteiger partial charge >= 0.3 is 0 Å². The van der Waals surface area contributed by atoms with E-state index in [1.807, 2.05) is 0 Å². The molecule has 1 aliphatic heterocycles. The van der Waals surface area contributed by atoms with E-state index >= 15 is 0 Å². The van der Waals surface area contributed by atoms with E-state index in [4.69, 9.17) is 9.15 Å². The van der Waals surface area contributed by atoms with Gasteiger partial charge in [0.2, 0.25) is 12.3 Å². The minimum Gasteiger partial charge on any atom is -0.427 e. The quantitative estimate of drug-likeness (QED) is 0.785. The number of aromatic nitrogens is 2. The molecule has 0 spiro atoms. The summed E-state index contributed by atoms with van der Waals surface area (Å²) in [4.78, 5) is 2.30. The second-order valence-corrected chi connectivity index (χ2v) is 6.59. The van der Waals surface area contributed by atoms with Crippen LogP contribution in [0.25, 0.3) is 0 Å². The maximum Gasteiger partial charge on any atom is 0.230 e. The van der Waals surface area contributed by atoms with Gasteiger partial charge in [0, 0.05) is 24.2 Å². The smallest absolute Gasteiger partial charge is 0.230 e. The number of rotatable bonds is 6. The Morgan fingerprint density at radius 1 is 1.36 bits per heavy atom. The van der Waals surface area contributed by atoms with E-state index in [9.17, 15) is 0 Å². The molecule has 1 aromatic carbocycles. The highest BCUT2D eigenvalue weighted by Crippen LogP contribution is 2.22. The summed E-state index contributed by atoms with van der Waals surface area (Å²) in [5.74, 6) is 0.640. The van der Waals surface area contributed by atoms with Gasteiger partial charge in [-0.05, 0) is 37.0 Å². The Balaban J connectivity index is 1.71. The van der Waals surface area contributed by atoms with Crippen LogP contribution in [0, 0.1) is 6.92 Å². The SMILES string of the molecule is Cc1ccc(CN(Cc2nnco2)CC2CCCO2)c(Br)c1. The molecule has 1 aliphatic rings. The second kappa shape index (κ2) is 7.35. The van der Waals surface area contributed by atoms with Crippen LogP contribution in [-0.2, 0) is 17.8 Å². The minimum atomic E-state index is 0.298. The van der Waals surface area contributed by atoms with Gasteiger partial charge in [-0.2, -0.15) is 0 Å². The molecular formula is C16H20BrN3O2. The van der Waals surface area contributed by atoms with E-state index in [-0.39, 0.29) is 0 Å². The number of hydrogen-bond acceptors (Lipinski definition) is 5. The Morgan fingerprint density at radius 3 is 2.95 bits per heavy atom. The number of halogens is 1. The van der Waals surface area contributed by atoms with Crippen LogP contribution in [0.15, 0.2) is 33.5 Å². The van der Waals surface area contributed by atoms with E-state index in [1.54, 1.807) is 0 Å². The standard InChI is InChI=1S/C16H20BrN3O2/c1-12-4-5-13(15(17)7-12)8-20(9-14-3-2-6-21-14)10-16-19-18-11-22-16/h4-5,7,11,14H,2-3,6,8-10H2,1H3. The predicted octanol–water partition coefficient (Wildman–Crippen LogP) is 3.32. The molecule has 0 saturated carbocycles. The molecule has 1 unspecified atom stereocenters. The molecule has 1 aromatic heterocycles. The number of ether oxygens (including phenoxy) is 1. The molecule has 1 fully saturated rings. The highest BCUT2D eigenvalue weighted by molar-refractivity contribution is 9.10. The number of hydrogen-bond donors (Lipinski definition) is 0. The Morgan fingerprint density at radius 2 is 2.27 bits per heavy atom. The van der Waals surface area contributed by atoms with Crippen molar-refractivity contribution in [1.82, 2.24) is 15.1 Å². The third kappa shape index (κ3) is 4.15. The molecule has 1 saturated heterocycles. The molecule has 6 heteroatoms. The first-order valence-corrected chi connectivity index (χ1v) is 8.34. The normalized spacial score (nSPS) is 18.2. The highest BCUT2D eigenvalue weighted by atomic mass is 79.9. The fourth-order valence-corrected chi connectivity index (χ4v) is 3.36. The zero-order valence-corrected chi connectivity index (χ0v) is 14.3. The average molecular weight is 366 g/mol. The summed E-state index contributed by atoms with van der Waals surface area (Å²) in [5.41, 5.74) is 2.50. The van der Waals surface area contributed by atoms with Crippen molar-refractivity contribution in [2.24, 2.45) is 0 Å². The van der Waals surface area contributed by atoms with Gasteiger partial charge in [-0.25, -0.2) is 0 Å². The fraction of sp³-hybridized carbons (Fsp3) is 0.500. The third-order valence-electron chi connectivity index (χ3n) is 3.85. The first kappa shape index (κ1) is 15.6. The molecule has 2 aromatic rings. The first-order valence-electron chi connectivity index (χ1n) is 7.55. The minimum absolute atomic E-state index is 0.298. The lowest BCUT2D eigenvalue weighted by atomic mass is 10.1. The molecule has 0 radical (unpaired) electrons. The van der Waals surface area contributed by atoms with E-state index in [1.165, 1.54) is 17.5 Å². The van der Waals surface area contributed by atoms with Crippen molar-refractivity contribution in [1.29, 1.82) is 0 Å². The maximum atomic E-state index is 5.77. The zero-order chi connectivity index (χ0) is 15.4. The van der Waals surface area contributed by atoms with Crippen molar-refractivity contribution in [3.05, 3.63) is 46.1 Å². The van der Waals surface area contributed by atoms with E-state index in [0.717, 1.165) is 37.0 Å². The molecule has 1 atom stereocenters. The summed E-state index contributed by atoms with van der Waals surface area (Å²) >= 11 is 3.66. The van der Waals surface area contributed by atoms with Gasteiger partial charge in [0.05, 0.1) is 12.6 Å². The summed E-state index contributed by atoms with van der Waals surface area (Å²) < 4.78 is 12.2. The van der Waals surface area contributed by atoms with Crippen molar-refractivity contribution in [3.63, 3.8) is 0 Å². The summed E-state index contributed by atoms with van der Waals surface area (Å²) in [6.07, 6.45) is 3.94. The molecule has 0 aliphatic carbocycles. The largest absolute Gasteiger partial charge is 0.427 e. The topological polar surface area (TPSA) is 51.4 Å². The monoisotopic (exact) mass is 365 g/mol. The van der Waals surface area contributed by atoms with Gasteiger partial charge in [0.15, 0.2) is 0 Å². The van der Waals surface area contributed by atoms with Crippen LogP contribution >= 0.6 is 15.9 Å². The van der Waals surface area contributed by atoms with Gasteiger partial charge in [-0.3, -0.25) is 4.90 Å². The predicted molar refractivity (Wildman–Crippen MR) is 86.3 cm³/mol. The van der Waals surface area contributed by atoms with Crippen LogP contribution < -0.4 is 0 Å². The molecule has 5 nitrogen and oxygen atoms in total. The third-order valence-corrected chi connectivity index (χ3v) is 4.59. The Bertz CT molecular complexity index is 597. The van der Waals surface area contributed by atoms with Crippen LogP contribution in [0.5, 0.6) is 0 Å². The Labute approximate surface area is 138 Å². The maximum absolute atomic E-state index is 5.77. The Hall–Kier alpha value is -1.24. The molecular weight excluding hydrogens is 346 g/mol. The van der Waals surface area contributed by atoms with Crippen LogP contribution in [0.4, 0.5) is 0 Å². The molecule has 0 N–H and O–H groups in total. The number of nitrogens with zero attached hydrogens (tertiary/aromatic N) is 3. The lowest BCUT2D eigenvalue weighted by Crippen LogP contribution is -2.31. The molecule has 0 bridgehead atoms. The van der Waals surface area contributed by atoms with Gasteiger partial charge in [-0.1, -0.05) is 28.1 Å². The van der Waals surface area contributed by atoms with Crippen LogP contribution in [-0.4, -0.2) is 34.4 Å². The van der Waals surface area contributed by atoms with Crippen molar-refractivity contribution >= 4 is 15.9 Å². The van der Waals surface area contributed by atoms with E-state index in [2.05, 4.69) is 56.2 Å². The van der Waals surface area contributed by atoms with Crippen molar-refractivity contribution in [2.45, 2.75) is 39.0 Å². The van der Waals surface area contributed by atoms with E-state index < -0.39 is 0 Å². The van der Waals surface area contributed by atoms with Gasteiger partial charge in [-0.15, -0.1) is 10.2 Å². The second-order valence-electron chi connectivity index (χ2n) is 5.73. The molecule has 0 amide bonds. The zero-order valence-electron chi connectivity index (χ0n) is 12.7. The van der Waals surface area contributed by atoms with Gasteiger partial charge in [0.25, 0.3) is 0 Å². The molecule has 118 valence electrons. The van der Waals surface area contributed by atoms with Crippen LogP contribution in [0.1, 0.15) is 29.9 Å². The Kier molecular flexibility index (Phi) is 5.23. The highest BCUT2D eigenvalue weighted by Gasteiger charge is 2.21. The average Bonchev–Trinajstić information content (AvgIpc) is 3.15. The van der Waals surface area contributed by atoms with Crippen molar-refractivity contribution < 1.29 is 9.15 Å². The number of benzene rings is 1. The first-order chi connectivity index (χ1) is 10.7. The van der Waals surface area contributed by atoms with Crippen molar-refractivity contribution in [2.75, 3.05) is 13.2 Å². The summed E-state index contributed by atoms with van der Waals surface area (Å²) in [5, 5.41) is 7.76. The molecule has 22 heavy (non-hydrogen) atoms. The van der Waals surface area contributed by atoms with E-state index in [0.29, 0.717) is 18.5 Å². The lowest BCUT2D eigenvalue weighted by molar-refractivity contribution is 0.0647. The fourth-order valence-electron chi connectivity index (χ4n) is 2.74.